The molecule has 3 nitrogen and oxygen atoms in total. The number of nitroso groups, excluding NO2 is 1. The molecule has 21 heavy (non-hydrogen) atoms. The topological polar surface area (TPSA) is 32.7 Å². The molecule has 0 atom stereocenters. The number of hydrogen-bond donors (Lipinski definition) is 0. The second-order valence-electron chi connectivity index (χ2n) is 4.68. The van der Waals surface area contributed by atoms with Crippen molar-refractivity contribution >= 4 is 22.5 Å². The van der Waals surface area contributed by atoms with Crippen molar-refractivity contribution in [3.63, 3.8) is 0 Å². The Hall–Kier alpha value is -2.94. The minimum Gasteiger partial charge on any atom is -0.205 e. The molecule has 3 aromatic carbocycles. The Balaban J connectivity index is 1.91. The van der Waals surface area contributed by atoms with E-state index >= 15 is 0 Å². The van der Waals surface area contributed by atoms with Crippen molar-refractivity contribution in [1.29, 1.82) is 0 Å². The van der Waals surface area contributed by atoms with Gasteiger partial charge < -0.3 is 0 Å². The van der Waals surface area contributed by atoms with Crippen LogP contribution in [0.3, 0.4) is 0 Å². The van der Waals surface area contributed by atoms with Crippen molar-refractivity contribution in [1.82, 2.24) is 0 Å². The smallest absolute Gasteiger partial charge is 0.0684 e. The lowest BCUT2D eigenvalue weighted by Gasteiger charge is -2.11. The normalized spacial score (nSPS) is 10.9. The highest BCUT2D eigenvalue weighted by Crippen LogP contribution is 2.23. The van der Waals surface area contributed by atoms with Gasteiger partial charge in [0.2, 0.25) is 0 Å². The largest absolute Gasteiger partial charge is 0.205 e. The summed E-state index contributed by atoms with van der Waals surface area (Å²) in [5, 5.41) is 6.63. The number of rotatable bonds is 4. The molecule has 0 saturated carbocycles. The van der Waals surface area contributed by atoms with Gasteiger partial charge in [0, 0.05) is 6.20 Å². The number of fused-ring (bicyclic) bond motifs is 1. The van der Waals surface area contributed by atoms with E-state index in [0.29, 0.717) is 0 Å². The summed E-state index contributed by atoms with van der Waals surface area (Å²) in [5.41, 5.74) is 1.77. The minimum atomic E-state index is 0.746. The van der Waals surface area contributed by atoms with E-state index in [1.807, 2.05) is 78.9 Å². The second-order valence-corrected chi connectivity index (χ2v) is 4.68. The molecule has 0 heterocycles. The van der Waals surface area contributed by atoms with Crippen molar-refractivity contribution in [2.24, 2.45) is 5.29 Å². The molecule has 0 aliphatic carbocycles. The second kappa shape index (κ2) is 6.01. The fourth-order valence-corrected chi connectivity index (χ4v) is 2.20. The first-order valence-corrected chi connectivity index (χ1v) is 6.71. The Morgan fingerprint density at radius 1 is 0.810 bits per heavy atom. The third kappa shape index (κ3) is 2.98. The third-order valence-corrected chi connectivity index (χ3v) is 3.29. The van der Waals surface area contributed by atoms with Gasteiger partial charge in [0.25, 0.3) is 0 Å². The first kappa shape index (κ1) is 13.1. The van der Waals surface area contributed by atoms with Gasteiger partial charge in [-0.15, -0.1) is 4.91 Å². The van der Waals surface area contributed by atoms with Crippen LogP contribution in [-0.4, -0.2) is 0 Å². The average Bonchev–Trinajstić information content (AvgIpc) is 2.56. The number of anilines is 1. The molecule has 0 N–H and O–H groups in total. The molecule has 0 bridgehead atoms. The van der Waals surface area contributed by atoms with Crippen LogP contribution in [0.15, 0.2) is 84.3 Å². The highest BCUT2D eigenvalue weighted by atomic mass is 16.3. The van der Waals surface area contributed by atoms with Gasteiger partial charge in [-0.2, -0.15) is 0 Å². The Kier molecular flexibility index (Phi) is 3.74. The Morgan fingerprint density at radius 3 is 2.29 bits per heavy atom. The van der Waals surface area contributed by atoms with Crippen LogP contribution in [-0.2, 0) is 0 Å². The van der Waals surface area contributed by atoms with E-state index in [1.165, 1.54) is 5.01 Å². The van der Waals surface area contributed by atoms with Crippen LogP contribution in [0.4, 0.5) is 5.69 Å². The molecule has 0 aliphatic heterocycles. The molecular weight excluding hydrogens is 260 g/mol. The summed E-state index contributed by atoms with van der Waals surface area (Å²) in [6, 6.07) is 23.7. The maximum atomic E-state index is 11.1. The lowest BCUT2D eigenvalue weighted by molar-refractivity contribution is 1.07. The molecule has 0 aliphatic rings. The Bertz CT molecular complexity index is 781. The van der Waals surface area contributed by atoms with Crippen molar-refractivity contribution in [3.8, 4) is 0 Å². The zero-order valence-corrected chi connectivity index (χ0v) is 11.4. The number of benzene rings is 3. The summed E-state index contributed by atoms with van der Waals surface area (Å²) in [6.07, 6.45) is 3.53. The van der Waals surface area contributed by atoms with Crippen LogP contribution in [0.2, 0.25) is 0 Å². The summed E-state index contributed by atoms with van der Waals surface area (Å²) in [7, 11) is 0. The highest BCUT2D eigenvalue weighted by Gasteiger charge is 2.03. The molecule has 0 radical (unpaired) electrons. The maximum Gasteiger partial charge on any atom is 0.0684 e. The molecule has 3 heteroatoms. The molecule has 3 rings (SSSR count). The van der Waals surface area contributed by atoms with Crippen LogP contribution in [0.25, 0.3) is 16.8 Å². The third-order valence-electron chi connectivity index (χ3n) is 3.29. The number of hydrogen-bond acceptors (Lipinski definition) is 2. The molecule has 0 fully saturated rings. The standard InChI is InChI=1S/C18H14N2O/c21-19-20(13-12-15-6-2-1-3-7-15)18-11-10-16-8-4-5-9-17(16)14-18/h1-14H. The monoisotopic (exact) mass is 274 g/mol. The summed E-state index contributed by atoms with van der Waals surface area (Å²) in [5.74, 6) is 0. The zero-order chi connectivity index (χ0) is 14.5. The quantitative estimate of drug-likeness (QED) is 0.495. The zero-order valence-electron chi connectivity index (χ0n) is 11.4. The lowest BCUT2D eigenvalue weighted by Crippen LogP contribution is -2.05. The van der Waals surface area contributed by atoms with E-state index in [-0.39, 0.29) is 0 Å². The maximum absolute atomic E-state index is 11.1. The van der Waals surface area contributed by atoms with Crippen LogP contribution < -0.4 is 5.01 Å². The van der Waals surface area contributed by atoms with Crippen molar-refractivity contribution in [2.75, 3.05) is 5.01 Å². The van der Waals surface area contributed by atoms with E-state index in [9.17, 15) is 4.91 Å². The molecule has 102 valence electrons. The molecule has 0 aromatic heterocycles. The first-order chi connectivity index (χ1) is 10.4. The van der Waals surface area contributed by atoms with Crippen LogP contribution in [0.1, 0.15) is 5.56 Å². The van der Waals surface area contributed by atoms with Crippen LogP contribution in [0, 0.1) is 4.91 Å². The molecule has 0 unspecified atom stereocenters. The van der Waals surface area contributed by atoms with Gasteiger partial charge in [-0.25, -0.2) is 5.01 Å². The SMILES string of the molecule is O=NN(C=Cc1ccccc1)c1ccc2ccccc2c1. The Morgan fingerprint density at radius 2 is 1.52 bits per heavy atom. The number of nitrogens with zero attached hydrogens (tertiary/aromatic N) is 2. The van der Waals surface area contributed by atoms with Gasteiger partial charge in [-0.1, -0.05) is 60.7 Å². The van der Waals surface area contributed by atoms with Crippen molar-refractivity contribution in [3.05, 3.63) is 89.5 Å². The van der Waals surface area contributed by atoms with Gasteiger partial charge in [-0.3, -0.25) is 0 Å². The van der Waals surface area contributed by atoms with Gasteiger partial charge in [0.15, 0.2) is 0 Å². The van der Waals surface area contributed by atoms with Crippen molar-refractivity contribution < 1.29 is 0 Å². The summed E-state index contributed by atoms with van der Waals surface area (Å²) < 4.78 is 0. The fraction of sp³-hybridized carbons (Fsp3) is 0. The van der Waals surface area contributed by atoms with Crippen molar-refractivity contribution in [2.45, 2.75) is 0 Å². The van der Waals surface area contributed by atoms with Gasteiger partial charge in [0.1, 0.15) is 0 Å². The molecule has 0 saturated heterocycles. The summed E-state index contributed by atoms with van der Waals surface area (Å²) in [6.45, 7) is 0. The van der Waals surface area contributed by atoms with E-state index in [2.05, 4.69) is 5.29 Å². The lowest BCUT2D eigenvalue weighted by atomic mass is 10.1. The minimum absolute atomic E-state index is 0.746. The van der Waals surface area contributed by atoms with Gasteiger partial charge in [-0.05, 0) is 34.5 Å². The molecule has 3 aromatic rings. The predicted octanol–water partition coefficient (Wildman–Crippen LogP) is 5.00. The fourth-order valence-electron chi connectivity index (χ4n) is 2.20. The Labute approximate surface area is 123 Å². The van der Waals surface area contributed by atoms with Gasteiger partial charge in [0.05, 0.1) is 11.0 Å². The van der Waals surface area contributed by atoms with E-state index < -0.39 is 0 Å². The first-order valence-electron chi connectivity index (χ1n) is 6.71. The predicted molar refractivity (Wildman–Crippen MR) is 87.7 cm³/mol. The van der Waals surface area contributed by atoms with Gasteiger partial charge >= 0.3 is 0 Å². The molecule has 0 spiro atoms. The van der Waals surface area contributed by atoms with E-state index in [0.717, 1.165) is 22.0 Å². The van der Waals surface area contributed by atoms with E-state index in [4.69, 9.17) is 0 Å². The summed E-state index contributed by atoms with van der Waals surface area (Å²) >= 11 is 0. The van der Waals surface area contributed by atoms with Crippen LogP contribution in [0.5, 0.6) is 0 Å². The average molecular weight is 274 g/mol. The summed E-state index contributed by atoms with van der Waals surface area (Å²) in [4.78, 5) is 11.1. The highest BCUT2D eigenvalue weighted by molar-refractivity contribution is 5.86. The molecule has 0 amide bonds. The van der Waals surface area contributed by atoms with E-state index in [1.54, 1.807) is 6.20 Å². The van der Waals surface area contributed by atoms with Crippen LogP contribution >= 0.6 is 0 Å². The molecular formula is C18H14N2O.